The molecule has 1 aliphatic rings. The third-order valence-corrected chi connectivity index (χ3v) is 5.25. The fourth-order valence-electron chi connectivity index (χ4n) is 3.73. The summed E-state index contributed by atoms with van der Waals surface area (Å²) in [6.45, 7) is 9.31. The maximum Gasteiger partial charge on any atom is 0.242 e. The lowest BCUT2D eigenvalue weighted by atomic mass is 10.1. The average molecular weight is 409 g/mol. The van der Waals surface area contributed by atoms with Gasteiger partial charge >= 0.3 is 0 Å². The number of amides is 1. The van der Waals surface area contributed by atoms with Gasteiger partial charge in [-0.2, -0.15) is 0 Å². The molecule has 1 atom stereocenters. The fraction of sp³-hybridized carbons (Fsp3) is 0.500. The van der Waals surface area contributed by atoms with Crippen molar-refractivity contribution < 1.29 is 4.79 Å². The summed E-state index contributed by atoms with van der Waals surface area (Å²) >= 11 is 0. The fourth-order valence-corrected chi connectivity index (χ4v) is 3.73. The molecule has 158 valence electrons. The van der Waals surface area contributed by atoms with E-state index in [4.69, 9.17) is 10.7 Å². The molecule has 0 radical (unpaired) electrons. The van der Waals surface area contributed by atoms with Crippen molar-refractivity contribution in [3.63, 3.8) is 0 Å². The number of nitrogens with zero attached hydrogens (tertiary/aromatic N) is 7. The zero-order valence-corrected chi connectivity index (χ0v) is 17.8. The Morgan fingerprint density at radius 2 is 2.00 bits per heavy atom. The van der Waals surface area contributed by atoms with Crippen LogP contribution in [0.25, 0.3) is 22.6 Å². The second-order valence-corrected chi connectivity index (χ2v) is 8.20. The molecule has 0 aliphatic carbocycles. The molecule has 10 heteroatoms. The quantitative estimate of drug-likeness (QED) is 0.646. The highest BCUT2D eigenvalue weighted by atomic mass is 16.2. The summed E-state index contributed by atoms with van der Waals surface area (Å²) in [6, 6.07) is 0.0762. The highest BCUT2D eigenvalue weighted by Crippen LogP contribution is 2.27. The van der Waals surface area contributed by atoms with E-state index in [2.05, 4.69) is 25.3 Å². The molecule has 3 aromatic heterocycles. The number of hydrogen-bond acceptors (Lipinski definition) is 8. The Morgan fingerprint density at radius 1 is 1.27 bits per heavy atom. The topological polar surface area (TPSA) is 128 Å². The highest BCUT2D eigenvalue weighted by Gasteiger charge is 2.33. The first kappa shape index (κ1) is 20.1. The molecule has 4 heterocycles. The first-order chi connectivity index (χ1) is 14.3. The van der Waals surface area contributed by atoms with Gasteiger partial charge in [-0.15, -0.1) is 0 Å². The Labute approximate surface area is 175 Å². The van der Waals surface area contributed by atoms with Crippen molar-refractivity contribution in [2.45, 2.75) is 52.2 Å². The van der Waals surface area contributed by atoms with Crippen molar-refractivity contribution >= 4 is 22.9 Å². The maximum absolute atomic E-state index is 12.5. The molecule has 1 amide bonds. The lowest BCUT2D eigenvalue weighted by Crippen LogP contribution is -2.50. The molecule has 0 saturated carbocycles. The van der Waals surface area contributed by atoms with E-state index in [0.717, 1.165) is 23.5 Å². The lowest BCUT2D eigenvalue weighted by Gasteiger charge is -2.25. The van der Waals surface area contributed by atoms with Crippen molar-refractivity contribution in [1.82, 2.24) is 34.4 Å². The Morgan fingerprint density at radius 3 is 2.67 bits per heavy atom. The van der Waals surface area contributed by atoms with Crippen LogP contribution in [-0.2, 0) is 11.3 Å². The molecule has 0 spiro atoms. The summed E-state index contributed by atoms with van der Waals surface area (Å²) in [7, 11) is 0. The second-order valence-electron chi connectivity index (χ2n) is 8.20. The Hall–Kier alpha value is -3.14. The largest absolute Gasteiger partial charge is 0.364 e. The number of aryl methyl sites for hydroxylation is 2. The zero-order valence-electron chi connectivity index (χ0n) is 17.8. The van der Waals surface area contributed by atoms with Crippen molar-refractivity contribution in [3.8, 4) is 11.4 Å². The first-order valence-electron chi connectivity index (χ1n) is 10.1. The molecule has 10 nitrogen and oxygen atoms in total. The van der Waals surface area contributed by atoms with Crippen LogP contribution in [0.2, 0.25) is 0 Å². The molecule has 1 aliphatic heterocycles. The van der Waals surface area contributed by atoms with Crippen LogP contribution in [-0.4, -0.2) is 65.0 Å². The molecule has 30 heavy (non-hydrogen) atoms. The average Bonchev–Trinajstić information content (AvgIpc) is 3.32. The molecular formula is C20H27N9O. The molecule has 0 bridgehead atoms. The van der Waals surface area contributed by atoms with Crippen LogP contribution in [0.4, 0.5) is 5.82 Å². The van der Waals surface area contributed by atoms with Crippen molar-refractivity contribution in [3.05, 3.63) is 24.5 Å². The van der Waals surface area contributed by atoms with Gasteiger partial charge in [-0.1, -0.05) is 0 Å². The number of nitrogens with two attached hydrogens (primary N) is 1. The molecule has 0 aromatic carbocycles. The number of imidazole rings is 1. The van der Waals surface area contributed by atoms with Gasteiger partial charge in [0.25, 0.3) is 0 Å². The number of anilines is 1. The Kier molecular flexibility index (Phi) is 5.10. The summed E-state index contributed by atoms with van der Waals surface area (Å²) in [5.41, 5.74) is 7.37. The molecule has 1 fully saturated rings. The maximum atomic E-state index is 12.5. The van der Waals surface area contributed by atoms with Gasteiger partial charge < -0.3 is 20.5 Å². The normalized spacial score (nSPS) is 17.0. The molecule has 3 N–H and O–H groups in total. The van der Waals surface area contributed by atoms with Gasteiger partial charge in [-0.05, 0) is 34.1 Å². The van der Waals surface area contributed by atoms with E-state index in [9.17, 15) is 4.79 Å². The van der Waals surface area contributed by atoms with Crippen LogP contribution >= 0.6 is 0 Å². The van der Waals surface area contributed by atoms with E-state index in [1.165, 1.54) is 6.33 Å². The van der Waals surface area contributed by atoms with E-state index < -0.39 is 5.54 Å². The number of hydrogen-bond donors (Lipinski definition) is 2. The SMILES string of the molecule is CCn1c(-c2cnc(C)nc2)nc2c(N[C@H]3CCN(C(=O)C(C)(C)N)C3)ncnc21. The van der Waals surface area contributed by atoms with Crippen LogP contribution in [0.1, 0.15) is 33.0 Å². The minimum Gasteiger partial charge on any atom is -0.364 e. The van der Waals surface area contributed by atoms with E-state index in [0.29, 0.717) is 36.8 Å². The summed E-state index contributed by atoms with van der Waals surface area (Å²) < 4.78 is 2.03. The number of fused-ring (bicyclic) bond motifs is 1. The first-order valence-corrected chi connectivity index (χ1v) is 10.1. The molecule has 0 unspecified atom stereocenters. The van der Waals surface area contributed by atoms with Crippen molar-refractivity contribution in [2.24, 2.45) is 5.73 Å². The number of carbonyl (C=O) groups is 1. The molecule has 4 rings (SSSR count). The third-order valence-electron chi connectivity index (χ3n) is 5.25. The van der Waals surface area contributed by atoms with E-state index >= 15 is 0 Å². The van der Waals surface area contributed by atoms with Gasteiger partial charge in [0.2, 0.25) is 5.91 Å². The highest BCUT2D eigenvalue weighted by molar-refractivity contribution is 5.87. The van der Waals surface area contributed by atoms with E-state index in [1.807, 2.05) is 18.4 Å². The van der Waals surface area contributed by atoms with Gasteiger partial charge in [-0.25, -0.2) is 24.9 Å². The predicted molar refractivity (Wildman–Crippen MR) is 114 cm³/mol. The number of likely N-dealkylation sites (tertiary alicyclic amines) is 1. The van der Waals surface area contributed by atoms with Crippen LogP contribution in [0.15, 0.2) is 18.7 Å². The van der Waals surface area contributed by atoms with Crippen LogP contribution in [0.5, 0.6) is 0 Å². The van der Waals surface area contributed by atoms with Gasteiger partial charge in [0, 0.05) is 38.1 Å². The molecule has 3 aromatic rings. The van der Waals surface area contributed by atoms with Crippen molar-refractivity contribution in [1.29, 1.82) is 0 Å². The summed E-state index contributed by atoms with van der Waals surface area (Å²) in [4.78, 5) is 36.5. The minimum absolute atomic E-state index is 0.0449. The number of rotatable bonds is 5. The van der Waals surface area contributed by atoms with Gasteiger partial charge in [0.05, 0.1) is 11.1 Å². The monoisotopic (exact) mass is 409 g/mol. The summed E-state index contributed by atoms with van der Waals surface area (Å²) in [5, 5.41) is 3.45. The summed E-state index contributed by atoms with van der Waals surface area (Å²) in [6.07, 6.45) is 5.89. The van der Waals surface area contributed by atoms with Crippen LogP contribution < -0.4 is 11.1 Å². The number of aromatic nitrogens is 6. The van der Waals surface area contributed by atoms with Crippen LogP contribution in [0.3, 0.4) is 0 Å². The smallest absolute Gasteiger partial charge is 0.242 e. The molecular weight excluding hydrogens is 382 g/mol. The van der Waals surface area contributed by atoms with Gasteiger partial charge in [0.15, 0.2) is 17.0 Å². The van der Waals surface area contributed by atoms with Crippen molar-refractivity contribution in [2.75, 3.05) is 18.4 Å². The Balaban J connectivity index is 1.63. The van der Waals surface area contributed by atoms with E-state index in [1.54, 1.807) is 31.1 Å². The summed E-state index contributed by atoms with van der Waals surface area (Å²) in [5.74, 6) is 2.08. The van der Waals surface area contributed by atoms with Gasteiger partial charge in [-0.3, -0.25) is 4.79 Å². The number of carbonyl (C=O) groups excluding carboxylic acids is 1. The standard InChI is InChI=1S/C20H27N9O/c1-5-29-17(13-8-22-12(2)23-9-13)27-15-16(24-11-25-18(15)29)26-14-6-7-28(10-14)19(30)20(3,4)21/h8-9,11,14H,5-7,10,21H2,1-4H3,(H,24,25,26)/t14-/m0/s1. The third kappa shape index (κ3) is 3.70. The minimum atomic E-state index is -0.873. The number of nitrogens with one attached hydrogen (secondary N) is 1. The Bertz CT molecular complexity index is 1070. The predicted octanol–water partition coefficient (Wildman–Crippen LogP) is 1.36. The molecule has 1 saturated heterocycles. The van der Waals surface area contributed by atoms with Crippen LogP contribution in [0, 0.1) is 6.92 Å². The van der Waals surface area contributed by atoms with Gasteiger partial charge in [0.1, 0.15) is 18.0 Å². The lowest BCUT2D eigenvalue weighted by molar-refractivity contribution is -0.134. The van der Waals surface area contributed by atoms with E-state index in [-0.39, 0.29) is 11.9 Å². The second kappa shape index (κ2) is 7.60. The zero-order chi connectivity index (χ0) is 21.5.